The summed E-state index contributed by atoms with van der Waals surface area (Å²) in [5, 5.41) is 12.8. The first-order valence-corrected chi connectivity index (χ1v) is 22.1. The molecule has 12 aromatic carbocycles. The molecule has 0 aromatic heterocycles. The summed E-state index contributed by atoms with van der Waals surface area (Å²) in [7, 11) is 0. The standard InChI is InChI=1S/C63H38/c1-2-18-40(19-3-1)58-49-27-8-10-29-51(49)59(52-30-11-9-28-50(52)58)43-21-16-20-41(37-43)42-33-35-53-54(38-42)45-23-6-7-26-48(45)61-60-44-22-5-4-17-39(44)34-36-57(60)63(62(53)61)55-31-14-12-24-46(55)47-25-13-15-32-56(47)63/h1-38H. The van der Waals surface area contributed by atoms with Crippen LogP contribution in [0.2, 0.25) is 0 Å². The lowest BCUT2D eigenvalue weighted by Gasteiger charge is -2.32. The summed E-state index contributed by atoms with van der Waals surface area (Å²) >= 11 is 0. The molecule has 0 nitrogen and oxygen atoms in total. The van der Waals surface area contributed by atoms with Crippen LogP contribution in [0.3, 0.4) is 0 Å². The second kappa shape index (κ2) is 13.0. The van der Waals surface area contributed by atoms with Crippen LogP contribution in [0, 0.1) is 0 Å². The largest absolute Gasteiger partial charge is 0.0732 e. The fraction of sp³-hybridized carbons (Fsp3) is 0.0159. The first-order valence-electron chi connectivity index (χ1n) is 22.1. The molecule has 0 bridgehead atoms. The van der Waals surface area contributed by atoms with Gasteiger partial charge < -0.3 is 0 Å². The average molecular weight is 795 g/mol. The zero-order valence-electron chi connectivity index (χ0n) is 34.4. The van der Waals surface area contributed by atoms with Crippen LogP contribution < -0.4 is 0 Å². The van der Waals surface area contributed by atoms with E-state index in [9.17, 15) is 0 Å². The summed E-state index contributed by atoms with van der Waals surface area (Å²) in [6.07, 6.45) is 0. The highest BCUT2D eigenvalue weighted by molar-refractivity contribution is 6.24. The summed E-state index contributed by atoms with van der Waals surface area (Å²) in [6.45, 7) is 0. The highest BCUT2D eigenvalue weighted by Crippen LogP contribution is 2.66. The van der Waals surface area contributed by atoms with E-state index in [1.165, 1.54) is 132 Å². The van der Waals surface area contributed by atoms with Gasteiger partial charge in [-0.3, -0.25) is 0 Å². The van der Waals surface area contributed by atoms with Crippen molar-refractivity contribution in [1.29, 1.82) is 0 Å². The van der Waals surface area contributed by atoms with Gasteiger partial charge in [0, 0.05) is 0 Å². The van der Waals surface area contributed by atoms with Crippen LogP contribution in [0.1, 0.15) is 22.3 Å². The molecule has 2 aliphatic rings. The van der Waals surface area contributed by atoms with E-state index >= 15 is 0 Å². The van der Waals surface area contributed by atoms with E-state index in [1.54, 1.807) is 0 Å². The Bertz CT molecular complexity index is 3800. The predicted molar refractivity (Wildman–Crippen MR) is 267 cm³/mol. The maximum Gasteiger partial charge on any atom is 0.0732 e. The Kier molecular flexibility index (Phi) is 7.13. The van der Waals surface area contributed by atoms with E-state index in [4.69, 9.17) is 0 Å². The highest BCUT2D eigenvalue weighted by Gasteiger charge is 2.53. The van der Waals surface area contributed by atoms with Crippen LogP contribution in [0.15, 0.2) is 231 Å². The van der Waals surface area contributed by atoms with Gasteiger partial charge in [0.25, 0.3) is 0 Å². The molecule has 1 spiro atoms. The Morgan fingerprint density at radius 3 is 1.38 bits per heavy atom. The molecule has 0 fully saturated rings. The zero-order valence-corrected chi connectivity index (χ0v) is 34.4. The van der Waals surface area contributed by atoms with Gasteiger partial charge in [-0.1, -0.05) is 218 Å². The number of hydrogen-bond acceptors (Lipinski definition) is 0. The monoisotopic (exact) mass is 794 g/mol. The third-order valence-corrected chi connectivity index (χ3v) is 14.4. The van der Waals surface area contributed by atoms with Gasteiger partial charge in [-0.15, -0.1) is 0 Å². The Morgan fingerprint density at radius 2 is 0.714 bits per heavy atom. The molecular formula is C63H38. The molecule has 0 radical (unpaired) electrons. The van der Waals surface area contributed by atoms with Gasteiger partial charge in [-0.05, 0) is 144 Å². The lowest BCUT2D eigenvalue weighted by Crippen LogP contribution is -2.26. The van der Waals surface area contributed by atoms with Crippen LogP contribution >= 0.6 is 0 Å². The van der Waals surface area contributed by atoms with Gasteiger partial charge in [0.1, 0.15) is 0 Å². The van der Waals surface area contributed by atoms with Crippen LogP contribution in [-0.2, 0) is 5.41 Å². The van der Waals surface area contributed by atoms with E-state index in [0.29, 0.717) is 0 Å². The van der Waals surface area contributed by atoms with Crippen molar-refractivity contribution >= 4 is 53.9 Å². The predicted octanol–water partition coefficient (Wildman–Crippen LogP) is 16.8. The highest BCUT2D eigenvalue weighted by atomic mass is 14.5. The molecule has 63 heavy (non-hydrogen) atoms. The van der Waals surface area contributed by atoms with E-state index in [-0.39, 0.29) is 0 Å². The lowest BCUT2D eigenvalue weighted by molar-refractivity contribution is 0.802. The molecule has 0 unspecified atom stereocenters. The number of fused-ring (bicyclic) bond motifs is 19. The Labute approximate surface area is 366 Å². The maximum absolute atomic E-state index is 2.48. The van der Waals surface area contributed by atoms with Gasteiger partial charge >= 0.3 is 0 Å². The second-order valence-corrected chi connectivity index (χ2v) is 17.4. The van der Waals surface area contributed by atoms with Gasteiger partial charge in [0.2, 0.25) is 0 Å². The molecule has 0 atom stereocenters. The first kappa shape index (κ1) is 34.6. The fourth-order valence-electron chi connectivity index (χ4n) is 12.0. The van der Waals surface area contributed by atoms with Crippen LogP contribution in [-0.4, -0.2) is 0 Å². The quantitative estimate of drug-likeness (QED) is 0.123. The number of benzene rings is 12. The lowest BCUT2D eigenvalue weighted by atomic mass is 9.69. The molecule has 0 saturated carbocycles. The van der Waals surface area contributed by atoms with E-state index < -0.39 is 5.41 Å². The van der Waals surface area contributed by atoms with Crippen molar-refractivity contribution in [2.45, 2.75) is 5.41 Å². The summed E-state index contributed by atoms with van der Waals surface area (Å²) in [6, 6.07) is 86.5. The molecule has 0 heterocycles. The molecule has 0 N–H and O–H groups in total. The van der Waals surface area contributed by atoms with Crippen molar-refractivity contribution < 1.29 is 0 Å². The minimum Gasteiger partial charge on any atom is -0.0622 e. The molecule has 2 aliphatic carbocycles. The molecule has 290 valence electrons. The Morgan fingerprint density at radius 1 is 0.222 bits per heavy atom. The Hall–Kier alpha value is -8.06. The van der Waals surface area contributed by atoms with E-state index in [0.717, 1.165) is 0 Å². The number of hydrogen-bond donors (Lipinski definition) is 0. The van der Waals surface area contributed by atoms with Crippen molar-refractivity contribution in [1.82, 2.24) is 0 Å². The minimum atomic E-state index is -0.473. The Balaban J connectivity index is 1.05. The molecule has 0 amide bonds. The first-order chi connectivity index (χ1) is 31.3. The van der Waals surface area contributed by atoms with Crippen LogP contribution in [0.25, 0.3) is 109 Å². The summed E-state index contributed by atoms with van der Waals surface area (Å²) in [5.41, 5.74) is 17.9. The van der Waals surface area contributed by atoms with Crippen molar-refractivity contribution in [2.24, 2.45) is 0 Å². The van der Waals surface area contributed by atoms with Crippen molar-refractivity contribution in [3.05, 3.63) is 253 Å². The average Bonchev–Trinajstić information content (AvgIpc) is 3.84. The van der Waals surface area contributed by atoms with Gasteiger partial charge in [-0.2, -0.15) is 0 Å². The van der Waals surface area contributed by atoms with E-state index in [1.807, 2.05) is 0 Å². The third-order valence-electron chi connectivity index (χ3n) is 14.4. The molecule has 14 rings (SSSR count). The second-order valence-electron chi connectivity index (χ2n) is 17.4. The van der Waals surface area contributed by atoms with Crippen molar-refractivity contribution in [2.75, 3.05) is 0 Å². The SMILES string of the molecule is c1ccc(-c2c3ccccc3c(-c3cccc(-c4ccc5c6c(c7ccccc7c5c4)-c4c(ccc5ccccc45)C64c5ccccc5-c5ccccc54)c3)c3ccccc23)cc1. The molecule has 0 saturated heterocycles. The fourth-order valence-corrected chi connectivity index (χ4v) is 12.0. The summed E-state index contributed by atoms with van der Waals surface area (Å²) in [5.74, 6) is 0. The van der Waals surface area contributed by atoms with Gasteiger partial charge in [0.15, 0.2) is 0 Å². The van der Waals surface area contributed by atoms with E-state index in [2.05, 4.69) is 231 Å². The topological polar surface area (TPSA) is 0 Å². The molecule has 0 aliphatic heterocycles. The van der Waals surface area contributed by atoms with Gasteiger partial charge in [0.05, 0.1) is 5.41 Å². The van der Waals surface area contributed by atoms with Crippen molar-refractivity contribution in [3.8, 4) is 55.6 Å². The zero-order chi connectivity index (χ0) is 41.2. The van der Waals surface area contributed by atoms with Crippen molar-refractivity contribution in [3.63, 3.8) is 0 Å². The normalized spacial score (nSPS) is 13.2. The molecular weight excluding hydrogens is 757 g/mol. The smallest absolute Gasteiger partial charge is 0.0622 e. The summed E-state index contributed by atoms with van der Waals surface area (Å²) in [4.78, 5) is 0. The van der Waals surface area contributed by atoms with Gasteiger partial charge in [-0.25, -0.2) is 0 Å². The van der Waals surface area contributed by atoms with Crippen LogP contribution in [0.5, 0.6) is 0 Å². The number of rotatable bonds is 3. The molecule has 0 heteroatoms. The maximum atomic E-state index is 2.48. The minimum absolute atomic E-state index is 0.473. The molecule has 12 aromatic rings. The van der Waals surface area contributed by atoms with Crippen LogP contribution in [0.4, 0.5) is 0 Å². The third kappa shape index (κ3) is 4.60. The summed E-state index contributed by atoms with van der Waals surface area (Å²) < 4.78 is 0.